The molecule has 6 atom stereocenters. The highest BCUT2D eigenvalue weighted by Crippen LogP contribution is 2.70. The Kier molecular flexibility index (Phi) is 2.89. The van der Waals surface area contributed by atoms with E-state index in [2.05, 4.69) is 33.8 Å². The molecule has 4 aliphatic rings. The number of aliphatic hydroxyl groups excluding tert-OH is 1. The molecule has 0 aromatic rings. The fraction of sp³-hybridized carbons (Fsp3) is 0.850. The zero-order valence-electron chi connectivity index (χ0n) is 14.5. The van der Waals surface area contributed by atoms with Gasteiger partial charge in [0.15, 0.2) is 0 Å². The first kappa shape index (κ1) is 14.9. The fourth-order valence-electron chi connectivity index (χ4n) is 6.78. The topological polar surface area (TPSA) is 37.3 Å². The molecule has 0 amide bonds. The average Bonchev–Trinajstić information content (AvgIpc) is 2.84. The van der Waals surface area contributed by atoms with Crippen LogP contribution < -0.4 is 0 Å². The molecule has 4 rings (SSSR count). The number of allylic oxidation sites excluding steroid dienone is 2. The van der Waals surface area contributed by atoms with Crippen LogP contribution in [0.3, 0.4) is 0 Å². The van der Waals surface area contributed by atoms with Gasteiger partial charge in [-0.1, -0.05) is 32.4 Å². The summed E-state index contributed by atoms with van der Waals surface area (Å²) < 4.78 is 0. The molecule has 22 heavy (non-hydrogen) atoms. The largest absolute Gasteiger partial charge is 0.393 e. The Labute approximate surface area is 134 Å². The summed E-state index contributed by atoms with van der Waals surface area (Å²) in [4.78, 5) is 13.3. The molecule has 2 nitrogen and oxygen atoms in total. The summed E-state index contributed by atoms with van der Waals surface area (Å²) in [7, 11) is 0. The Morgan fingerprint density at radius 2 is 1.86 bits per heavy atom. The van der Waals surface area contributed by atoms with Crippen LogP contribution in [0.5, 0.6) is 0 Å². The van der Waals surface area contributed by atoms with Gasteiger partial charge < -0.3 is 5.11 Å². The molecule has 0 aliphatic heterocycles. The first-order valence-electron chi connectivity index (χ1n) is 9.12. The molecule has 0 aromatic carbocycles. The second-order valence-corrected chi connectivity index (χ2v) is 9.58. The Bertz CT molecular complexity index is 560. The van der Waals surface area contributed by atoms with Crippen LogP contribution in [0, 0.1) is 34.0 Å². The van der Waals surface area contributed by atoms with Crippen molar-refractivity contribution in [2.24, 2.45) is 34.0 Å². The summed E-state index contributed by atoms with van der Waals surface area (Å²) in [5, 5.41) is 11.0. The first-order valence-corrected chi connectivity index (χ1v) is 9.12. The van der Waals surface area contributed by atoms with Gasteiger partial charge in [-0.05, 0) is 62.7 Å². The number of aliphatic hydroxyl groups is 1. The van der Waals surface area contributed by atoms with Gasteiger partial charge in [-0.2, -0.15) is 0 Å². The van der Waals surface area contributed by atoms with E-state index in [0.29, 0.717) is 11.7 Å². The number of hydrogen-bond donors (Lipinski definition) is 1. The van der Waals surface area contributed by atoms with Crippen molar-refractivity contribution < 1.29 is 9.90 Å². The smallest absolute Gasteiger partial charge is 0.142 e. The van der Waals surface area contributed by atoms with Crippen molar-refractivity contribution in [2.45, 2.75) is 72.3 Å². The van der Waals surface area contributed by atoms with E-state index in [1.54, 1.807) is 5.57 Å². The summed E-state index contributed by atoms with van der Waals surface area (Å²) in [6.07, 6.45) is 8.47. The third-order valence-corrected chi connectivity index (χ3v) is 8.11. The van der Waals surface area contributed by atoms with Gasteiger partial charge in [-0.25, -0.2) is 0 Å². The van der Waals surface area contributed by atoms with Crippen LogP contribution in [0.4, 0.5) is 0 Å². The zero-order valence-corrected chi connectivity index (χ0v) is 14.5. The number of fused-ring (bicyclic) bond motifs is 3. The minimum Gasteiger partial charge on any atom is -0.393 e. The molecule has 0 heterocycles. The van der Waals surface area contributed by atoms with E-state index in [0.717, 1.165) is 25.2 Å². The van der Waals surface area contributed by atoms with Gasteiger partial charge in [0.05, 0.1) is 6.10 Å². The minimum atomic E-state index is -0.321. The second-order valence-electron chi connectivity index (χ2n) is 9.58. The normalized spacial score (nSPS) is 52.8. The van der Waals surface area contributed by atoms with Gasteiger partial charge in [-0.3, -0.25) is 4.79 Å². The Morgan fingerprint density at radius 3 is 2.59 bits per heavy atom. The van der Waals surface area contributed by atoms with Crippen LogP contribution in [-0.4, -0.2) is 17.0 Å². The van der Waals surface area contributed by atoms with Gasteiger partial charge >= 0.3 is 0 Å². The first-order chi connectivity index (χ1) is 10.2. The van der Waals surface area contributed by atoms with E-state index in [1.165, 1.54) is 19.3 Å². The summed E-state index contributed by atoms with van der Waals surface area (Å²) >= 11 is 0. The van der Waals surface area contributed by atoms with Crippen LogP contribution in [-0.2, 0) is 4.79 Å². The summed E-state index contributed by atoms with van der Waals surface area (Å²) in [6, 6.07) is 0. The van der Waals surface area contributed by atoms with Gasteiger partial charge in [0.1, 0.15) is 5.78 Å². The summed E-state index contributed by atoms with van der Waals surface area (Å²) in [6.45, 7) is 8.70. The molecular weight excluding hydrogens is 272 g/mol. The van der Waals surface area contributed by atoms with E-state index in [1.807, 2.05) is 0 Å². The highest BCUT2D eigenvalue weighted by Gasteiger charge is 2.67. The molecule has 3 saturated carbocycles. The molecule has 1 N–H and O–H groups in total. The van der Waals surface area contributed by atoms with E-state index in [4.69, 9.17) is 0 Å². The predicted octanol–water partition coefficient (Wildman–Crippen LogP) is 4.13. The molecule has 4 aliphatic carbocycles. The van der Waals surface area contributed by atoms with Crippen molar-refractivity contribution in [3.8, 4) is 0 Å². The number of rotatable bonds is 0. The molecule has 0 saturated heterocycles. The summed E-state index contributed by atoms with van der Waals surface area (Å²) in [5.74, 6) is 1.70. The molecule has 0 aromatic heterocycles. The molecule has 0 radical (unpaired) electrons. The van der Waals surface area contributed by atoms with Crippen LogP contribution in [0.15, 0.2) is 11.6 Å². The maximum absolute atomic E-state index is 13.3. The number of carbonyl (C=O) groups excluding carboxylic acids is 1. The van der Waals surface area contributed by atoms with Crippen LogP contribution in [0.25, 0.3) is 0 Å². The monoisotopic (exact) mass is 302 g/mol. The maximum atomic E-state index is 13.3. The number of ketones is 1. The van der Waals surface area contributed by atoms with Crippen LogP contribution in [0.1, 0.15) is 66.2 Å². The lowest BCUT2D eigenvalue weighted by atomic mass is 9.60. The van der Waals surface area contributed by atoms with E-state index in [-0.39, 0.29) is 28.3 Å². The molecule has 2 heteroatoms. The van der Waals surface area contributed by atoms with Crippen molar-refractivity contribution >= 4 is 5.78 Å². The minimum absolute atomic E-state index is 0.0471. The molecule has 3 fully saturated rings. The fourth-order valence-corrected chi connectivity index (χ4v) is 6.78. The highest BCUT2D eigenvalue weighted by molar-refractivity contribution is 5.88. The molecule has 2 bridgehead atoms. The number of hydrogen-bond acceptors (Lipinski definition) is 2. The quantitative estimate of drug-likeness (QED) is 0.683. The predicted molar refractivity (Wildman–Crippen MR) is 87.3 cm³/mol. The SMILES string of the molecule is CC1=C[C@]23C[C@H]1CC[C@H]2[C@@]1(C)[C@H](C3)C(=O)C(C)(C)CC[C@@H]1O. The third-order valence-electron chi connectivity index (χ3n) is 8.11. The van der Waals surface area contributed by atoms with E-state index >= 15 is 0 Å². The lowest BCUT2D eigenvalue weighted by molar-refractivity contribution is -0.136. The molecule has 0 unspecified atom stereocenters. The third kappa shape index (κ3) is 1.63. The standard InChI is InChI=1S/C20H30O2/c1-12-9-20-10-13(12)5-6-15(20)19(4)14(11-20)17(22)18(2,3)8-7-16(19)21/h9,13-16,21H,5-8,10-11H2,1-4H3/t13-,14-,15+,16+,19-,20-/m1/s1. The van der Waals surface area contributed by atoms with Crippen molar-refractivity contribution in [3.05, 3.63) is 11.6 Å². The van der Waals surface area contributed by atoms with Gasteiger partial charge in [0.2, 0.25) is 0 Å². The highest BCUT2D eigenvalue weighted by atomic mass is 16.3. The lowest BCUT2D eigenvalue weighted by Crippen LogP contribution is -2.45. The molecule has 1 spiro atoms. The number of carbonyl (C=O) groups is 1. The summed E-state index contributed by atoms with van der Waals surface area (Å²) in [5.41, 5.74) is 1.27. The Balaban J connectivity index is 1.84. The van der Waals surface area contributed by atoms with Gasteiger partial charge in [-0.15, -0.1) is 0 Å². The van der Waals surface area contributed by atoms with Crippen molar-refractivity contribution in [1.29, 1.82) is 0 Å². The second kappa shape index (κ2) is 4.26. The average molecular weight is 302 g/mol. The molecule has 122 valence electrons. The van der Waals surface area contributed by atoms with Gasteiger partial charge in [0, 0.05) is 16.7 Å². The molecular formula is C20H30O2. The van der Waals surface area contributed by atoms with Crippen molar-refractivity contribution in [2.75, 3.05) is 0 Å². The number of Topliss-reactive ketones (excluding diaryl/α,β-unsaturated/α-hetero) is 1. The van der Waals surface area contributed by atoms with Crippen molar-refractivity contribution in [1.82, 2.24) is 0 Å². The van der Waals surface area contributed by atoms with Crippen LogP contribution >= 0.6 is 0 Å². The van der Waals surface area contributed by atoms with E-state index < -0.39 is 0 Å². The Hall–Kier alpha value is -0.630. The van der Waals surface area contributed by atoms with Gasteiger partial charge in [0.25, 0.3) is 0 Å². The maximum Gasteiger partial charge on any atom is 0.142 e. The van der Waals surface area contributed by atoms with Crippen LogP contribution in [0.2, 0.25) is 0 Å². The Morgan fingerprint density at radius 1 is 1.14 bits per heavy atom. The van der Waals surface area contributed by atoms with Crippen molar-refractivity contribution in [3.63, 3.8) is 0 Å². The zero-order chi connectivity index (χ0) is 15.9. The van der Waals surface area contributed by atoms with E-state index in [9.17, 15) is 9.90 Å². The lowest BCUT2D eigenvalue weighted by Gasteiger charge is -2.45.